The van der Waals surface area contributed by atoms with E-state index in [9.17, 15) is 14.4 Å². The number of amides is 2. The van der Waals surface area contributed by atoms with Crippen molar-refractivity contribution in [1.29, 1.82) is 0 Å². The molecule has 0 saturated carbocycles. The van der Waals surface area contributed by atoms with Crippen LogP contribution in [-0.2, 0) is 14.3 Å². The zero-order valence-electron chi connectivity index (χ0n) is 18.1. The largest absolute Gasteiger partial charge is 0.456 e. The van der Waals surface area contributed by atoms with Crippen LogP contribution in [0.5, 0.6) is 0 Å². The molecule has 1 saturated heterocycles. The van der Waals surface area contributed by atoms with E-state index in [1.165, 1.54) is 11.1 Å². The van der Waals surface area contributed by atoms with Crippen LogP contribution in [0.25, 0.3) is 0 Å². The zero-order valence-corrected chi connectivity index (χ0v) is 18.1. The molecule has 1 N–H and O–H groups in total. The highest BCUT2D eigenvalue weighted by Crippen LogP contribution is 2.23. The van der Waals surface area contributed by atoms with E-state index in [1.54, 1.807) is 53.7 Å². The predicted octanol–water partition coefficient (Wildman–Crippen LogP) is 3.77. The molecule has 1 fully saturated rings. The minimum atomic E-state index is -0.688. The summed E-state index contributed by atoms with van der Waals surface area (Å²) in [7, 11) is 0. The summed E-state index contributed by atoms with van der Waals surface area (Å²) in [5, 5.41) is 2.69. The van der Waals surface area contributed by atoms with Crippen molar-refractivity contribution >= 4 is 23.8 Å². The van der Waals surface area contributed by atoms with Crippen LogP contribution in [0.2, 0.25) is 0 Å². The molecule has 2 rings (SSSR count). The number of hydrogen-bond acceptors (Lipinski definition) is 6. The van der Waals surface area contributed by atoms with E-state index in [0.717, 1.165) is 12.8 Å². The van der Waals surface area contributed by atoms with Crippen molar-refractivity contribution < 1.29 is 23.9 Å². The van der Waals surface area contributed by atoms with Gasteiger partial charge in [-0.05, 0) is 72.9 Å². The number of pyridine rings is 1. The number of nitrogens with one attached hydrogen (secondary N) is 1. The SMILES string of the molecule is CC(C)(C)OC(=O)c1cccnc1NC(=O)C1CCCCN1C(=O)OC(C)(C)C. The van der Waals surface area contributed by atoms with Crippen molar-refractivity contribution in [1.82, 2.24) is 9.88 Å². The van der Waals surface area contributed by atoms with Crippen molar-refractivity contribution in [3.63, 3.8) is 0 Å². The lowest BCUT2D eigenvalue weighted by Gasteiger charge is -2.35. The highest BCUT2D eigenvalue weighted by molar-refractivity contribution is 6.02. The Balaban J connectivity index is 2.18. The Bertz CT molecular complexity index is 764. The van der Waals surface area contributed by atoms with E-state index in [-0.39, 0.29) is 11.4 Å². The molecule has 1 aliphatic rings. The topological polar surface area (TPSA) is 97.8 Å². The second-order valence-electron chi connectivity index (χ2n) is 9.08. The second kappa shape index (κ2) is 8.80. The van der Waals surface area contributed by atoms with Gasteiger partial charge in [0.05, 0.1) is 0 Å². The third kappa shape index (κ3) is 6.73. The van der Waals surface area contributed by atoms with Gasteiger partial charge < -0.3 is 14.8 Å². The van der Waals surface area contributed by atoms with Gasteiger partial charge in [0.2, 0.25) is 5.91 Å². The molecule has 1 atom stereocenters. The molecule has 2 heterocycles. The average molecular weight is 405 g/mol. The number of carbonyl (C=O) groups is 3. The zero-order chi connectivity index (χ0) is 21.8. The Morgan fingerprint density at radius 2 is 1.72 bits per heavy atom. The van der Waals surface area contributed by atoms with Crippen LogP contribution >= 0.6 is 0 Å². The maximum Gasteiger partial charge on any atom is 0.410 e. The summed E-state index contributed by atoms with van der Waals surface area (Å²) in [5.74, 6) is -0.867. The molecular weight excluding hydrogens is 374 g/mol. The highest BCUT2D eigenvalue weighted by Gasteiger charge is 2.35. The van der Waals surface area contributed by atoms with Gasteiger partial charge in [0.15, 0.2) is 0 Å². The molecule has 8 heteroatoms. The monoisotopic (exact) mass is 405 g/mol. The quantitative estimate of drug-likeness (QED) is 0.769. The molecule has 29 heavy (non-hydrogen) atoms. The number of anilines is 1. The van der Waals surface area contributed by atoms with E-state index in [4.69, 9.17) is 9.47 Å². The predicted molar refractivity (Wildman–Crippen MR) is 109 cm³/mol. The lowest BCUT2D eigenvalue weighted by atomic mass is 10.0. The fraction of sp³-hybridized carbons (Fsp3) is 0.619. The van der Waals surface area contributed by atoms with Gasteiger partial charge in [0.1, 0.15) is 28.6 Å². The first-order valence-corrected chi connectivity index (χ1v) is 9.86. The van der Waals surface area contributed by atoms with Crippen LogP contribution in [0.15, 0.2) is 18.3 Å². The molecule has 0 radical (unpaired) electrons. The summed E-state index contributed by atoms with van der Waals surface area (Å²) in [4.78, 5) is 43.5. The third-order valence-electron chi connectivity index (χ3n) is 4.10. The minimum absolute atomic E-state index is 0.112. The average Bonchev–Trinajstić information content (AvgIpc) is 2.59. The first-order chi connectivity index (χ1) is 13.4. The fourth-order valence-corrected chi connectivity index (χ4v) is 2.95. The molecule has 8 nitrogen and oxygen atoms in total. The van der Waals surface area contributed by atoms with Crippen LogP contribution in [0.4, 0.5) is 10.6 Å². The number of nitrogens with zero attached hydrogens (tertiary/aromatic N) is 2. The molecule has 1 unspecified atom stereocenters. The summed E-state index contributed by atoms with van der Waals surface area (Å²) < 4.78 is 10.8. The number of ether oxygens (including phenoxy) is 2. The smallest absolute Gasteiger partial charge is 0.410 e. The van der Waals surface area contributed by atoms with Crippen LogP contribution < -0.4 is 5.32 Å². The van der Waals surface area contributed by atoms with Crippen molar-refractivity contribution in [3.05, 3.63) is 23.9 Å². The minimum Gasteiger partial charge on any atom is -0.456 e. The molecular formula is C21H31N3O5. The second-order valence-corrected chi connectivity index (χ2v) is 9.08. The summed E-state index contributed by atoms with van der Waals surface area (Å²) in [6, 6.07) is 2.46. The van der Waals surface area contributed by atoms with E-state index >= 15 is 0 Å². The fourth-order valence-electron chi connectivity index (χ4n) is 2.95. The molecule has 0 aromatic carbocycles. The van der Waals surface area contributed by atoms with Gasteiger partial charge in [-0.3, -0.25) is 9.69 Å². The highest BCUT2D eigenvalue weighted by atomic mass is 16.6. The molecule has 1 aromatic rings. The number of carbonyl (C=O) groups excluding carboxylic acids is 3. The van der Waals surface area contributed by atoms with Crippen LogP contribution in [0.1, 0.15) is 71.2 Å². The maximum atomic E-state index is 13.0. The number of hydrogen-bond donors (Lipinski definition) is 1. The molecule has 0 bridgehead atoms. The number of likely N-dealkylation sites (tertiary alicyclic amines) is 1. The molecule has 1 aromatic heterocycles. The molecule has 160 valence electrons. The Labute approximate surface area is 172 Å². The van der Waals surface area contributed by atoms with Crippen molar-refractivity contribution in [3.8, 4) is 0 Å². The molecule has 1 aliphatic heterocycles. The molecule has 2 amide bonds. The Morgan fingerprint density at radius 3 is 2.34 bits per heavy atom. The number of rotatable bonds is 3. The first-order valence-electron chi connectivity index (χ1n) is 9.86. The van der Waals surface area contributed by atoms with Gasteiger partial charge in [-0.2, -0.15) is 0 Å². The van der Waals surface area contributed by atoms with Crippen LogP contribution in [-0.4, -0.2) is 51.6 Å². The first kappa shape index (κ1) is 22.6. The van der Waals surface area contributed by atoms with E-state index in [0.29, 0.717) is 13.0 Å². The van der Waals surface area contributed by atoms with Gasteiger partial charge in [-0.15, -0.1) is 0 Å². The standard InChI is InChI=1S/C21H31N3O5/c1-20(2,3)28-18(26)14-10-9-12-22-16(14)23-17(25)15-11-7-8-13-24(15)19(27)29-21(4,5)6/h9-10,12,15H,7-8,11,13H2,1-6H3,(H,22,23,25). The van der Waals surface area contributed by atoms with Gasteiger partial charge in [0.25, 0.3) is 0 Å². The van der Waals surface area contributed by atoms with Crippen molar-refractivity contribution in [2.75, 3.05) is 11.9 Å². The lowest BCUT2D eigenvalue weighted by molar-refractivity contribution is -0.122. The Hall–Kier alpha value is -2.64. The van der Waals surface area contributed by atoms with Gasteiger partial charge in [-0.25, -0.2) is 14.6 Å². The maximum absolute atomic E-state index is 13.0. The van der Waals surface area contributed by atoms with Gasteiger partial charge in [0, 0.05) is 12.7 Å². The number of aromatic nitrogens is 1. The van der Waals surface area contributed by atoms with Gasteiger partial charge in [-0.1, -0.05) is 0 Å². The van der Waals surface area contributed by atoms with E-state index in [1.807, 2.05) is 0 Å². The normalized spacial score (nSPS) is 17.4. The van der Waals surface area contributed by atoms with E-state index < -0.39 is 35.2 Å². The number of esters is 1. The Kier molecular flexibility index (Phi) is 6.87. The van der Waals surface area contributed by atoms with Gasteiger partial charge >= 0.3 is 12.1 Å². The Morgan fingerprint density at radius 1 is 1.07 bits per heavy atom. The summed E-state index contributed by atoms with van der Waals surface area (Å²) in [6.07, 6.45) is 3.09. The van der Waals surface area contributed by atoms with Crippen molar-refractivity contribution in [2.24, 2.45) is 0 Å². The van der Waals surface area contributed by atoms with Crippen LogP contribution in [0.3, 0.4) is 0 Å². The molecule has 0 aliphatic carbocycles. The lowest BCUT2D eigenvalue weighted by Crippen LogP contribution is -2.51. The number of piperidine rings is 1. The van der Waals surface area contributed by atoms with E-state index in [2.05, 4.69) is 10.3 Å². The summed E-state index contributed by atoms with van der Waals surface area (Å²) in [6.45, 7) is 11.1. The van der Waals surface area contributed by atoms with Crippen molar-refractivity contribution in [2.45, 2.75) is 78.0 Å². The van der Waals surface area contributed by atoms with Crippen LogP contribution in [0, 0.1) is 0 Å². The summed E-state index contributed by atoms with van der Waals surface area (Å²) in [5.41, 5.74) is -1.17. The third-order valence-corrected chi connectivity index (χ3v) is 4.10. The summed E-state index contributed by atoms with van der Waals surface area (Å²) >= 11 is 0. The molecule has 0 spiro atoms.